The van der Waals surface area contributed by atoms with Crippen LogP contribution in [0.4, 0.5) is 0 Å². The van der Waals surface area contributed by atoms with Crippen LogP contribution in [0.1, 0.15) is 44.6 Å². The Kier molecular flexibility index (Phi) is 2.85. The van der Waals surface area contributed by atoms with E-state index in [0.717, 1.165) is 18.0 Å². The Morgan fingerprint density at radius 1 is 1.12 bits per heavy atom. The van der Waals surface area contributed by atoms with Crippen LogP contribution >= 0.6 is 11.8 Å². The molecule has 2 saturated carbocycles. The predicted octanol–water partition coefficient (Wildman–Crippen LogP) is 1.37. The van der Waals surface area contributed by atoms with Crippen molar-refractivity contribution in [2.24, 2.45) is 5.73 Å². The number of rotatable bonds is 3. The molecule has 0 saturated heterocycles. The molecule has 6 heteroatoms. The van der Waals surface area contributed by atoms with Gasteiger partial charge < -0.3 is 5.73 Å². The van der Waals surface area contributed by atoms with Crippen LogP contribution in [0.5, 0.6) is 0 Å². The van der Waals surface area contributed by atoms with E-state index < -0.39 is 0 Å². The first kappa shape index (κ1) is 10.5. The molecule has 0 spiro atoms. The van der Waals surface area contributed by atoms with E-state index in [-0.39, 0.29) is 0 Å². The first-order valence-corrected chi connectivity index (χ1v) is 6.91. The van der Waals surface area contributed by atoms with Gasteiger partial charge in [0, 0.05) is 11.3 Å². The number of nitrogens with two attached hydrogens (primary N) is 1. The van der Waals surface area contributed by atoms with Crippen molar-refractivity contribution in [3.8, 4) is 0 Å². The van der Waals surface area contributed by atoms with Gasteiger partial charge in [0.1, 0.15) is 0 Å². The summed E-state index contributed by atoms with van der Waals surface area (Å²) in [6.45, 7) is 0. The Morgan fingerprint density at radius 3 is 2.56 bits per heavy atom. The highest BCUT2D eigenvalue weighted by Crippen LogP contribution is 2.39. The van der Waals surface area contributed by atoms with Crippen LogP contribution < -0.4 is 5.73 Å². The van der Waals surface area contributed by atoms with Gasteiger partial charge in [-0.3, -0.25) is 0 Å². The summed E-state index contributed by atoms with van der Waals surface area (Å²) in [6, 6.07) is 0.986. The molecule has 0 atom stereocenters. The largest absolute Gasteiger partial charge is 0.328 e. The van der Waals surface area contributed by atoms with Crippen molar-refractivity contribution in [3.05, 3.63) is 0 Å². The zero-order valence-corrected chi connectivity index (χ0v) is 10.1. The standard InChI is InChI=1S/C10H17N5S/c11-7-1-5-9(6-2-7)16-10-12-13-14-15(10)8-3-4-8/h7-9H,1-6,11H2. The van der Waals surface area contributed by atoms with Crippen LogP contribution in [0, 0.1) is 0 Å². The topological polar surface area (TPSA) is 69.6 Å². The molecule has 1 aromatic heterocycles. The van der Waals surface area contributed by atoms with Gasteiger partial charge in [-0.2, -0.15) is 0 Å². The number of aromatic nitrogens is 4. The van der Waals surface area contributed by atoms with E-state index in [0.29, 0.717) is 17.3 Å². The van der Waals surface area contributed by atoms with Crippen LogP contribution in [0.2, 0.25) is 0 Å². The summed E-state index contributed by atoms with van der Waals surface area (Å²) in [5, 5.41) is 13.6. The Bertz CT molecular complexity index is 354. The van der Waals surface area contributed by atoms with Gasteiger partial charge in [-0.25, -0.2) is 4.68 Å². The lowest BCUT2D eigenvalue weighted by Gasteiger charge is -2.24. The monoisotopic (exact) mass is 239 g/mol. The van der Waals surface area contributed by atoms with E-state index in [2.05, 4.69) is 15.5 Å². The van der Waals surface area contributed by atoms with Crippen molar-refractivity contribution < 1.29 is 0 Å². The quantitative estimate of drug-likeness (QED) is 0.862. The SMILES string of the molecule is NC1CCC(Sc2nnnn2C2CC2)CC1. The van der Waals surface area contributed by atoms with E-state index >= 15 is 0 Å². The fourth-order valence-corrected chi connectivity index (χ4v) is 3.35. The molecule has 1 heterocycles. The molecule has 0 aliphatic heterocycles. The first-order chi connectivity index (χ1) is 7.83. The van der Waals surface area contributed by atoms with Gasteiger partial charge in [-0.15, -0.1) is 5.10 Å². The highest BCUT2D eigenvalue weighted by atomic mass is 32.2. The highest BCUT2D eigenvalue weighted by molar-refractivity contribution is 7.99. The van der Waals surface area contributed by atoms with Crippen LogP contribution in [-0.4, -0.2) is 31.5 Å². The maximum absolute atomic E-state index is 5.90. The van der Waals surface area contributed by atoms with Gasteiger partial charge in [-0.1, -0.05) is 11.8 Å². The zero-order chi connectivity index (χ0) is 11.0. The third-order valence-electron chi connectivity index (χ3n) is 3.35. The van der Waals surface area contributed by atoms with E-state index in [1.807, 2.05) is 16.4 Å². The van der Waals surface area contributed by atoms with Gasteiger partial charge in [-0.05, 0) is 49.0 Å². The predicted molar refractivity (Wildman–Crippen MR) is 62.2 cm³/mol. The van der Waals surface area contributed by atoms with Gasteiger partial charge in [0.15, 0.2) is 0 Å². The van der Waals surface area contributed by atoms with Crippen molar-refractivity contribution in [2.45, 2.75) is 61.0 Å². The Balaban J connectivity index is 1.62. The first-order valence-electron chi connectivity index (χ1n) is 6.03. The molecule has 16 heavy (non-hydrogen) atoms. The molecule has 1 aromatic rings. The fraction of sp³-hybridized carbons (Fsp3) is 0.900. The molecule has 2 aliphatic rings. The maximum atomic E-state index is 5.90. The molecule has 0 bridgehead atoms. The number of hydrogen-bond acceptors (Lipinski definition) is 5. The van der Waals surface area contributed by atoms with Gasteiger partial charge in [0.05, 0.1) is 6.04 Å². The second-order valence-electron chi connectivity index (χ2n) is 4.79. The van der Waals surface area contributed by atoms with Crippen LogP contribution in [-0.2, 0) is 0 Å². The molecule has 2 fully saturated rings. The minimum atomic E-state index is 0.413. The van der Waals surface area contributed by atoms with Gasteiger partial charge in [0.2, 0.25) is 5.16 Å². The third-order valence-corrected chi connectivity index (χ3v) is 4.63. The average Bonchev–Trinajstić information content (AvgIpc) is 3.03. The summed E-state index contributed by atoms with van der Waals surface area (Å²) in [5.41, 5.74) is 5.90. The summed E-state index contributed by atoms with van der Waals surface area (Å²) < 4.78 is 2.00. The lowest BCUT2D eigenvalue weighted by atomic mass is 9.96. The Labute approximate surface area is 99.2 Å². The zero-order valence-electron chi connectivity index (χ0n) is 9.25. The third kappa shape index (κ3) is 2.22. The summed E-state index contributed by atoms with van der Waals surface area (Å²) in [4.78, 5) is 0. The van der Waals surface area contributed by atoms with Crippen LogP contribution in [0.3, 0.4) is 0 Å². The molecule has 88 valence electrons. The molecular weight excluding hydrogens is 222 g/mol. The number of thioether (sulfide) groups is 1. The average molecular weight is 239 g/mol. The molecule has 0 amide bonds. The van der Waals surface area contributed by atoms with Crippen molar-refractivity contribution in [1.82, 2.24) is 20.2 Å². The molecule has 0 unspecified atom stereocenters. The molecular formula is C10H17N5S. The van der Waals surface area contributed by atoms with Crippen LogP contribution in [0.25, 0.3) is 0 Å². The fourth-order valence-electron chi connectivity index (χ4n) is 2.17. The second kappa shape index (κ2) is 4.33. The maximum Gasteiger partial charge on any atom is 0.209 e. The summed E-state index contributed by atoms with van der Waals surface area (Å²) in [6.07, 6.45) is 7.14. The molecule has 2 N–H and O–H groups in total. The molecule has 0 aromatic carbocycles. The molecule has 2 aliphatic carbocycles. The summed E-state index contributed by atoms with van der Waals surface area (Å²) in [7, 11) is 0. The van der Waals surface area contributed by atoms with E-state index in [1.165, 1.54) is 25.7 Å². The minimum absolute atomic E-state index is 0.413. The smallest absolute Gasteiger partial charge is 0.209 e. The summed E-state index contributed by atoms with van der Waals surface area (Å²) in [5.74, 6) is 0. The van der Waals surface area contributed by atoms with E-state index in [4.69, 9.17) is 5.73 Å². The van der Waals surface area contributed by atoms with Crippen LogP contribution in [0.15, 0.2) is 5.16 Å². The Morgan fingerprint density at radius 2 is 1.88 bits per heavy atom. The lowest BCUT2D eigenvalue weighted by molar-refractivity contribution is 0.449. The Hall–Kier alpha value is -0.620. The van der Waals surface area contributed by atoms with E-state index in [9.17, 15) is 0 Å². The normalized spacial score (nSPS) is 30.6. The number of hydrogen-bond donors (Lipinski definition) is 1. The van der Waals surface area contributed by atoms with E-state index in [1.54, 1.807) is 0 Å². The highest BCUT2D eigenvalue weighted by Gasteiger charge is 2.29. The van der Waals surface area contributed by atoms with Gasteiger partial charge in [0.25, 0.3) is 0 Å². The number of tetrazole rings is 1. The second-order valence-corrected chi connectivity index (χ2v) is 6.06. The molecule has 5 nitrogen and oxygen atoms in total. The van der Waals surface area contributed by atoms with Crippen molar-refractivity contribution in [1.29, 1.82) is 0 Å². The summed E-state index contributed by atoms with van der Waals surface area (Å²) >= 11 is 1.84. The van der Waals surface area contributed by atoms with Gasteiger partial charge >= 0.3 is 0 Å². The van der Waals surface area contributed by atoms with Crippen molar-refractivity contribution in [2.75, 3.05) is 0 Å². The van der Waals surface area contributed by atoms with Crippen molar-refractivity contribution >= 4 is 11.8 Å². The lowest BCUT2D eigenvalue weighted by Crippen LogP contribution is -2.27. The molecule has 3 rings (SSSR count). The van der Waals surface area contributed by atoms with Crippen molar-refractivity contribution in [3.63, 3.8) is 0 Å². The minimum Gasteiger partial charge on any atom is -0.328 e. The number of nitrogens with zero attached hydrogens (tertiary/aromatic N) is 4. The molecule has 0 radical (unpaired) electrons.